The molecule has 1 saturated heterocycles. The van der Waals surface area contributed by atoms with E-state index in [0.29, 0.717) is 47.7 Å². The number of methoxy groups -OCH3 is 1. The molecule has 1 aromatic heterocycles. The predicted octanol–water partition coefficient (Wildman–Crippen LogP) is 4.66. The van der Waals surface area contributed by atoms with E-state index in [1.165, 1.54) is 0 Å². The second-order valence-corrected chi connectivity index (χ2v) is 13.4. The number of hydrogen-bond acceptors (Lipinski definition) is 9. The van der Waals surface area contributed by atoms with Crippen LogP contribution in [0.3, 0.4) is 0 Å². The van der Waals surface area contributed by atoms with Gasteiger partial charge in [-0.1, -0.05) is 36.4 Å². The van der Waals surface area contributed by atoms with Gasteiger partial charge in [0.2, 0.25) is 27.9 Å². The normalized spacial score (nSPS) is 21.5. The van der Waals surface area contributed by atoms with E-state index in [9.17, 15) is 8.42 Å². The average molecular weight is 582 g/mol. The van der Waals surface area contributed by atoms with Gasteiger partial charge in [-0.2, -0.15) is 15.0 Å². The molecular formula is C30H43N7O3S. The van der Waals surface area contributed by atoms with Crippen molar-refractivity contribution in [3.63, 3.8) is 0 Å². The highest BCUT2D eigenvalue weighted by atomic mass is 32.2. The lowest BCUT2D eigenvalue weighted by molar-refractivity contribution is 0.180. The van der Waals surface area contributed by atoms with Crippen LogP contribution in [0, 0.1) is 11.8 Å². The number of nitrogens with one attached hydrogen (secondary N) is 3. The molecule has 2 heterocycles. The molecule has 1 atom stereocenters. The van der Waals surface area contributed by atoms with Gasteiger partial charge < -0.3 is 20.3 Å². The van der Waals surface area contributed by atoms with Gasteiger partial charge in [0.05, 0.1) is 17.5 Å². The second kappa shape index (κ2) is 13.3. The van der Waals surface area contributed by atoms with Crippen LogP contribution in [0.15, 0.2) is 47.4 Å². The summed E-state index contributed by atoms with van der Waals surface area (Å²) in [6.45, 7) is 6.95. The summed E-state index contributed by atoms with van der Waals surface area (Å²) in [5, 5.41) is 8.49. The van der Waals surface area contributed by atoms with Gasteiger partial charge in [-0.3, -0.25) is 0 Å². The number of hydrogen-bond donors (Lipinski definition) is 3. The molecule has 41 heavy (non-hydrogen) atoms. The Kier molecular flexibility index (Phi) is 9.57. The van der Waals surface area contributed by atoms with Gasteiger partial charge in [-0.25, -0.2) is 13.1 Å². The maximum Gasteiger partial charge on any atom is 0.241 e. The van der Waals surface area contributed by atoms with E-state index in [1.807, 2.05) is 30.3 Å². The van der Waals surface area contributed by atoms with Gasteiger partial charge in [0.15, 0.2) is 0 Å². The third-order valence-corrected chi connectivity index (χ3v) is 9.63. The molecular weight excluding hydrogens is 538 g/mol. The van der Waals surface area contributed by atoms with Crippen molar-refractivity contribution in [3.8, 4) is 0 Å². The summed E-state index contributed by atoms with van der Waals surface area (Å²) in [6, 6.07) is 13.5. The summed E-state index contributed by atoms with van der Waals surface area (Å²) >= 11 is 0. The van der Waals surface area contributed by atoms with Crippen molar-refractivity contribution in [2.24, 2.45) is 11.8 Å². The summed E-state index contributed by atoms with van der Waals surface area (Å²) in [7, 11) is -1.85. The maximum absolute atomic E-state index is 13.1. The number of ether oxygens (including phenoxy) is 1. The largest absolute Gasteiger partial charge is 0.383 e. The van der Waals surface area contributed by atoms with Crippen LogP contribution in [0.1, 0.15) is 52.4 Å². The lowest BCUT2D eigenvalue weighted by Crippen LogP contribution is -2.35. The average Bonchev–Trinajstić information content (AvgIpc) is 3.43. The van der Waals surface area contributed by atoms with Crippen LogP contribution in [0.4, 0.5) is 17.8 Å². The van der Waals surface area contributed by atoms with Gasteiger partial charge in [-0.15, -0.1) is 0 Å². The van der Waals surface area contributed by atoms with Crippen molar-refractivity contribution in [1.29, 1.82) is 0 Å². The fourth-order valence-electron chi connectivity index (χ4n) is 5.97. The number of fused-ring (bicyclic) bond motifs is 1. The van der Waals surface area contributed by atoms with Crippen LogP contribution in [0.25, 0.3) is 10.8 Å². The molecule has 0 radical (unpaired) electrons. The Labute approximate surface area is 243 Å². The summed E-state index contributed by atoms with van der Waals surface area (Å²) in [5.74, 6) is 2.67. The molecule has 2 aliphatic rings. The molecule has 2 fully saturated rings. The van der Waals surface area contributed by atoms with Crippen LogP contribution in [-0.2, 0) is 14.8 Å². The molecule has 3 aromatic rings. The van der Waals surface area contributed by atoms with Crippen molar-refractivity contribution in [2.45, 2.75) is 69.4 Å². The molecule has 1 aliphatic heterocycles. The fraction of sp³-hybridized carbons (Fsp3) is 0.567. The Hall–Kier alpha value is -3.02. The van der Waals surface area contributed by atoms with Gasteiger partial charge in [-0.05, 0) is 75.7 Å². The topological polar surface area (TPSA) is 121 Å². The summed E-state index contributed by atoms with van der Waals surface area (Å²) < 4.78 is 34.6. The highest BCUT2D eigenvalue weighted by molar-refractivity contribution is 7.89. The molecule has 5 rings (SSSR count). The Bertz CT molecular complexity index is 1400. The van der Waals surface area contributed by atoms with Gasteiger partial charge in [0.1, 0.15) is 0 Å². The Morgan fingerprint density at radius 3 is 2.39 bits per heavy atom. The van der Waals surface area contributed by atoms with E-state index in [4.69, 9.17) is 14.7 Å². The molecule has 1 unspecified atom stereocenters. The van der Waals surface area contributed by atoms with Crippen LogP contribution in [0.2, 0.25) is 0 Å². The monoisotopic (exact) mass is 581 g/mol. The number of sulfonamides is 1. The van der Waals surface area contributed by atoms with E-state index in [1.54, 1.807) is 19.2 Å². The smallest absolute Gasteiger partial charge is 0.241 e. The van der Waals surface area contributed by atoms with E-state index >= 15 is 0 Å². The lowest BCUT2D eigenvalue weighted by Gasteiger charge is -2.29. The predicted molar refractivity (Wildman–Crippen MR) is 164 cm³/mol. The third-order valence-electron chi connectivity index (χ3n) is 8.15. The minimum Gasteiger partial charge on any atom is -0.383 e. The summed E-state index contributed by atoms with van der Waals surface area (Å²) in [5.41, 5.74) is 0. The van der Waals surface area contributed by atoms with Gasteiger partial charge in [0, 0.05) is 38.2 Å². The van der Waals surface area contributed by atoms with Crippen LogP contribution < -0.4 is 20.3 Å². The Morgan fingerprint density at radius 1 is 0.927 bits per heavy atom. The quantitative estimate of drug-likeness (QED) is 0.280. The first-order valence-corrected chi connectivity index (χ1v) is 16.3. The molecule has 0 spiro atoms. The number of aromatic nitrogens is 3. The molecule has 0 bridgehead atoms. The summed E-state index contributed by atoms with van der Waals surface area (Å²) in [6.07, 6.45) is 6.20. The zero-order chi connectivity index (χ0) is 28.8. The van der Waals surface area contributed by atoms with Crippen molar-refractivity contribution >= 4 is 38.6 Å². The second-order valence-electron chi connectivity index (χ2n) is 11.6. The third kappa shape index (κ3) is 7.44. The standard InChI is InChI=1S/C30H43N7O3S/c1-21(2)33-29-34-28(35-30(36-29)37-17-7-10-25(37)20-40-3)31-18-22-13-15-23(16-14-22)19-32-41(38,39)27-12-6-9-24-8-4-5-11-26(24)27/h4-6,8-9,11-12,21-23,25,32H,7,10,13-20H2,1-3H3,(H2,31,33,34,35,36). The molecule has 1 saturated carbocycles. The minimum absolute atomic E-state index is 0.208. The SMILES string of the molecule is COCC1CCCN1c1nc(NCC2CCC(CNS(=O)(=O)c3cccc4ccccc34)CC2)nc(NC(C)C)n1. The van der Waals surface area contributed by atoms with Crippen molar-refractivity contribution in [1.82, 2.24) is 19.7 Å². The minimum atomic E-state index is -3.58. The fourth-order valence-corrected chi connectivity index (χ4v) is 7.31. The van der Waals surface area contributed by atoms with Crippen molar-refractivity contribution in [2.75, 3.05) is 48.9 Å². The van der Waals surface area contributed by atoms with Gasteiger partial charge in [0.25, 0.3) is 0 Å². The van der Waals surface area contributed by atoms with Crippen LogP contribution >= 0.6 is 0 Å². The highest BCUT2D eigenvalue weighted by Gasteiger charge is 2.28. The van der Waals surface area contributed by atoms with Crippen LogP contribution in [-0.4, -0.2) is 68.8 Å². The zero-order valence-electron chi connectivity index (χ0n) is 24.3. The number of nitrogens with zero attached hydrogens (tertiary/aromatic N) is 4. The molecule has 2 aromatic carbocycles. The number of anilines is 3. The molecule has 0 amide bonds. The molecule has 10 nitrogen and oxygen atoms in total. The molecule has 3 N–H and O–H groups in total. The number of rotatable bonds is 12. The van der Waals surface area contributed by atoms with Crippen LogP contribution in [0.5, 0.6) is 0 Å². The molecule has 1 aliphatic carbocycles. The maximum atomic E-state index is 13.1. The van der Waals surface area contributed by atoms with E-state index in [-0.39, 0.29) is 12.1 Å². The molecule has 222 valence electrons. The number of benzene rings is 2. The first-order chi connectivity index (χ1) is 19.8. The lowest BCUT2D eigenvalue weighted by atomic mass is 9.82. The first kappa shape index (κ1) is 29.5. The van der Waals surface area contributed by atoms with E-state index in [0.717, 1.165) is 62.4 Å². The van der Waals surface area contributed by atoms with Crippen molar-refractivity contribution in [3.05, 3.63) is 42.5 Å². The van der Waals surface area contributed by atoms with E-state index < -0.39 is 10.0 Å². The first-order valence-electron chi connectivity index (χ1n) is 14.8. The zero-order valence-corrected chi connectivity index (χ0v) is 25.2. The Balaban J connectivity index is 1.15. The van der Waals surface area contributed by atoms with Gasteiger partial charge >= 0.3 is 0 Å². The summed E-state index contributed by atoms with van der Waals surface area (Å²) in [4.78, 5) is 16.7. The Morgan fingerprint density at radius 2 is 1.63 bits per heavy atom. The van der Waals surface area contributed by atoms with E-state index in [2.05, 4.69) is 39.1 Å². The molecule has 11 heteroatoms. The van der Waals surface area contributed by atoms with Crippen molar-refractivity contribution < 1.29 is 13.2 Å². The highest BCUT2D eigenvalue weighted by Crippen LogP contribution is 2.30.